The Bertz CT molecular complexity index is 829. The van der Waals surface area contributed by atoms with Gasteiger partial charge in [0.2, 0.25) is 5.75 Å². The maximum atomic E-state index is 12.6. The van der Waals surface area contributed by atoms with Crippen molar-refractivity contribution in [1.29, 1.82) is 0 Å². The Labute approximate surface area is 190 Å². The van der Waals surface area contributed by atoms with Gasteiger partial charge in [-0.05, 0) is 30.3 Å². The van der Waals surface area contributed by atoms with Gasteiger partial charge in [-0.3, -0.25) is 4.79 Å². The second kappa shape index (κ2) is 12.9. The first-order chi connectivity index (χ1) is 13.4. The molecule has 0 bridgehead atoms. The molecule has 1 N–H and O–H groups in total. The Balaban J connectivity index is 0.00000420. The fourth-order valence-electron chi connectivity index (χ4n) is 2.34. The van der Waals surface area contributed by atoms with Gasteiger partial charge >= 0.3 is 5.97 Å². The van der Waals surface area contributed by atoms with Crippen LogP contribution in [0.15, 0.2) is 35.1 Å². The number of aromatic amines is 1. The molecule has 1 aromatic carbocycles. The highest BCUT2D eigenvalue weighted by Crippen LogP contribution is 2.18. The Morgan fingerprint density at radius 2 is 1.93 bits per heavy atom. The molecule has 0 fully saturated rings. The highest BCUT2D eigenvalue weighted by Gasteiger charge is 2.23. The van der Waals surface area contributed by atoms with Crippen molar-refractivity contribution >= 4 is 16.9 Å². The smallest absolute Gasteiger partial charge is 0.361 e. The predicted octanol–water partition coefficient (Wildman–Crippen LogP) is -0.515. The van der Waals surface area contributed by atoms with E-state index in [1.165, 1.54) is 0 Å². The third kappa shape index (κ3) is 7.98. The average Bonchev–Trinajstić information content (AvgIpc) is 2.67. The number of benzene rings is 1. The first kappa shape index (κ1) is 25.4. The lowest BCUT2D eigenvalue weighted by atomic mass is 10.2. The Hall–Kier alpha value is -1.59. The zero-order valence-electron chi connectivity index (χ0n) is 17.1. The summed E-state index contributed by atoms with van der Waals surface area (Å²) in [6, 6.07) is 9.36. The molecule has 2 aromatic rings. The van der Waals surface area contributed by atoms with E-state index in [9.17, 15) is 9.59 Å². The van der Waals surface area contributed by atoms with Crippen LogP contribution in [0.2, 0.25) is 0 Å². The number of carbonyl (C=O) groups excluding carboxylic acids is 1. The van der Waals surface area contributed by atoms with Crippen LogP contribution in [0.25, 0.3) is 0 Å². The number of esters is 1. The summed E-state index contributed by atoms with van der Waals surface area (Å²) in [5.41, 5.74) is 0.190. The maximum absolute atomic E-state index is 12.6. The van der Waals surface area contributed by atoms with Gasteiger partial charge < -0.3 is 43.2 Å². The molecule has 0 amide bonds. The zero-order valence-corrected chi connectivity index (χ0v) is 20.0. The molecule has 9 heteroatoms. The Morgan fingerprint density at radius 1 is 1.24 bits per heavy atom. The number of nitrogens with zero attached hydrogens (tertiary/aromatic N) is 1. The predicted molar refractivity (Wildman–Crippen MR) is 110 cm³/mol. The topological polar surface area (TPSA) is 90.5 Å². The van der Waals surface area contributed by atoms with Gasteiger partial charge in [0.1, 0.15) is 24.3 Å². The van der Waals surface area contributed by atoms with Crippen molar-refractivity contribution in [2.45, 2.75) is 26.6 Å². The molecule has 0 aliphatic rings. The van der Waals surface area contributed by atoms with E-state index >= 15 is 0 Å². The van der Waals surface area contributed by atoms with Crippen molar-refractivity contribution in [2.75, 3.05) is 31.5 Å². The fraction of sp³-hybridized carbons (Fsp3) is 0.450. The third-order valence-corrected chi connectivity index (χ3v) is 4.82. The normalized spacial score (nSPS) is 11.6. The minimum Gasteiger partial charge on any atom is -1.00 e. The van der Waals surface area contributed by atoms with Crippen molar-refractivity contribution < 1.29 is 43.0 Å². The van der Waals surface area contributed by atoms with Crippen molar-refractivity contribution in [2.24, 2.45) is 0 Å². The van der Waals surface area contributed by atoms with Crippen molar-refractivity contribution in [3.05, 3.63) is 57.8 Å². The Kier molecular flexibility index (Phi) is 11.3. The van der Waals surface area contributed by atoms with Gasteiger partial charge in [-0.25, -0.2) is 9.78 Å². The van der Waals surface area contributed by atoms with Gasteiger partial charge in [-0.2, -0.15) is 0 Å². The van der Waals surface area contributed by atoms with E-state index in [-0.39, 0.29) is 65.4 Å². The van der Waals surface area contributed by atoms with E-state index in [0.717, 1.165) is 11.3 Å². The van der Waals surface area contributed by atoms with Gasteiger partial charge in [-0.15, -0.1) is 0 Å². The summed E-state index contributed by atoms with van der Waals surface area (Å²) in [7, 11) is 0.257. The largest absolute Gasteiger partial charge is 1.00 e. The van der Waals surface area contributed by atoms with Crippen molar-refractivity contribution in [3.8, 4) is 5.75 Å². The number of H-pyrrole nitrogens is 1. The van der Waals surface area contributed by atoms with Crippen LogP contribution in [0.1, 0.15) is 41.8 Å². The molecule has 0 aliphatic heterocycles. The lowest BCUT2D eigenvalue weighted by Gasteiger charge is -2.15. The number of carbonyl (C=O) groups is 1. The molecule has 1 unspecified atom stereocenters. The van der Waals surface area contributed by atoms with Crippen LogP contribution in [0.3, 0.4) is 0 Å². The van der Waals surface area contributed by atoms with Crippen LogP contribution in [-0.2, 0) is 27.0 Å². The number of ether oxygens (including phenoxy) is 3. The number of halogens is 1. The highest BCUT2D eigenvalue weighted by atomic mass is 127. The van der Waals surface area contributed by atoms with Gasteiger partial charge in [0.25, 0.3) is 5.56 Å². The van der Waals surface area contributed by atoms with Gasteiger partial charge in [-0.1, -0.05) is 30.3 Å². The van der Waals surface area contributed by atoms with Gasteiger partial charge in [0, 0.05) is 0 Å². The molecule has 7 nitrogen and oxygen atoms in total. The summed E-state index contributed by atoms with van der Waals surface area (Å²) in [5, 5.41) is 0. The molecule has 1 aromatic heterocycles. The van der Waals surface area contributed by atoms with Crippen LogP contribution in [0, 0.1) is 0 Å². The van der Waals surface area contributed by atoms with E-state index in [4.69, 9.17) is 14.2 Å². The summed E-state index contributed by atoms with van der Waals surface area (Å²) in [6.45, 7) is 4.32. The van der Waals surface area contributed by atoms with Crippen LogP contribution < -0.4 is 34.3 Å². The number of nitrogens with one attached hydrogen (secondary N) is 1. The minimum atomic E-state index is -0.700. The molecule has 29 heavy (non-hydrogen) atoms. The maximum Gasteiger partial charge on any atom is 0.361 e. The molecule has 1 heterocycles. The summed E-state index contributed by atoms with van der Waals surface area (Å²) in [6.07, 6.45) is 3.80. The van der Waals surface area contributed by atoms with Crippen LogP contribution in [-0.4, -0.2) is 47.4 Å². The van der Waals surface area contributed by atoms with E-state index in [1.807, 2.05) is 30.3 Å². The first-order valence-corrected chi connectivity index (χ1v) is 11.3. The number of aromatic nitrogens is 2. The molecular weight excluding hydrogens is 507 g/mol. The van der Waals surface area contributed by atoms with Crippen LogP contribution in [0.4, 0.5) is 0 Å². The molecule has 160 valence electrons. The summed E-state index contributed by atoms with van der Waals surface area (Å²) >= 11 is 0. The molecule has 0 radical (unpaired) electrons. The third-order valence-electron chi connectivity index (χ3n) is 3.83. The Morgan fingerprint density at radius 3 is 2.55 bits per heavy atom. The standard InChI is InChI=1S/C20H26N2O5S.HI/c1-5-25-20(24)16-17(27-13-15-9-7-6-8-10-15)19(23)22-18(21-16)14(2)26-11-12-28(3)4;/h6-10,14H,5,11-13H2,1-4H3;1H. The average molecular weight is 534 g/mol. The molecular formula is C20H27IN2O5S. The lowest BCUT2D eigenvalue weighted by molar-refractivity contribution is -0.0000275. The van der Waals surface area contributed by atoms with Crippen molar-refractivity contribution in [1.82, 2.24) is 9.97 Å². The van der Waals surface area contributed by atoms with Crippen LogP contribution >= 0.6 is 0 Å². The summed E-state index contributed by atoms with van der Waals surface area (Å²) in [5.74, 6) is 0.334. The number of rotatable bonds is 10. The molecule has 1 atom stereocenters. The molecule has 0 saturated heterocycles. The van der Waals surface area contributed by atoms with Gasteiger partial charge in [0.05, 0.1) is 25.7 Å². The van der Waals surface area contributed by atoms with E-state index < -0.39 is 17.6 Å². The minimum absolute atomic E-state index is 0. The van der Waals surface area contributed by atoms with E-state index in [0.29, 0.717) is 6.61 Å². The molecule has 0 saturated carbocycles. The second-order valence-electron chi connectivity index (χ2n) is 6.33. The SMILES string of the molecule is CCOC(=O)c1nc(C(C)OCC[S+](C)C)[nH]c(=O)c1OCc1ccccc1.[I-]. The first-order valence-electron chi connectivity index (χ1n) is 9.06. The summed E-state index contributed by atoms with van der Waals surface area (Å²) < 4.78 is 16.4. The quantitative estimate of drug-likeness (QED) is 0.251. The second-order valence-corrected chi connectivity index (χ2v) is 8.71. The van der Waals surface area contributed by atoms with Gasteiger partial charge in [0.15, 0.2) is 5.69 Å². The van der Waals surface area contributed by atoms with E-state index in [2.05, 4.69) is 22.5 Å². The number of hydrogen-bond acceptors (Lipinski definition) is 6. The fourth-order valence-corrected chi connectivity index (χ4v) is 2.77. The lowest BCUT2D eigenvalue weighted by Crippen LogP contribution is -3.00. The number of hydrogen-bond donors (Lipinski definition) is 1. The molecule has 0 spiro atoms. The van der Waals surface area contributed by atoms with Crippen LogP contribution in [0.5, 0.6) is 5.75 Å². The molecule has 2 rings (SSSR count). The summed E-state index contributed by atoms with van der Waals surface area (Å²) in [4.78, 5) is 31.9. The van der Waals surface area contributed by atoms with E-state index in [1.54, 1.807) is 13.8 Å². The molecule has 0 aliphatic carbocycles. The highest BCUT2D eigenvalue weighted by molar-refractivity contribution is 7.95. The zero-order chi connectivity index (χ0) is 20.5. The van der Waals surface area contributed by atoms with Crippen molar-refractivity contribution in [3.63, 3.8) is 0 Å². The monoisotopic (exact) mass is 534 g/mol.